The molecule has 0 saturated heterocycles. The highest BCUT2D eigenvalue weighted by atomic mass is 16.6. The Morgan fingerprint density at radius 3 is 1.97 bits per heavy atom. The number of benzene rings is 2. The van der Waals surface area contributed by atoms with E-state index < -0.39 is 41.4 Å². The van der Waals surface area contributed by atoms with Crippen LogP contribution in [0.5, 0.6) is 23.0 Å². The van der Waals surface area contributed by atoms with Gasteiger partial charge in [0.1, 0.15) is 35.4 Å². The molecular formula is C52H62O11. The van der Waals surface area contributed by atoms with Crippen molar-refractivity contribution in [3.05, 3.63) is 105 Å². The fourth-order valence-electron chi connectivity index (χ4n) is 9.60. The van der Waals surface area contributed by atoms with Gasteiger partial charge < -0.3 is 28.5 Å². The molecule has 6 rings (SSSR count). The number of rotatable bonds is 7. The molecule has 0 fully saturated rings. The van der Waals surface area contributed by atoms with Crippen molar-refractivity contribution in [1.82, 2.24) is 0 Å². The third kappa shape index (κ3) is 12.4. The molecule has 2 aromatic rings. The molecule has 4 aliphatic rings. The molecule has 0 heterocycles. The van der Waals surface area contributed by atoms with Crippen LogP contribution in [0.1, 0.15) is 148 Å². The topological polar surface area (TPSA) is 149 Å². The second kappa shape index (κ2) is 21.0. The van der Waals surface area contributed by atoms with Gasteiger partial charge in [0.05, 0.1) is 0 Å². The van der Waals surface area contributed by atoms with E-state index in [1.807, 2.05) is 20.8 Å². The summed E-state index contributed by atoms with van der Waals surface area (Å²) in [6, 6.07) is 6.79. The largest absolute Gasteiger partial charge is 0.453 e. The van der Waals surface area contributed by atoms with Crippen molar-refractivity contribution in [1.29, 1.82) is 0 Å². The third-order valence-corrected chi connectivity index (χ3v) is 12.3. The molecule has 336 valence electrons. The molecule has 1 unspecified atom stereocenters. The quantitative estimate of drug-likeness (QED) is 0.113. The van der Waals surface area contributed by atoms with E-state index >= 15 is 0 Å². The summed E-state index contributed by atoms with van der Waals surface area (Å²) >= 11 is 0. The van der Waals surface area contributed by atoms with E-state index in [-0.39, 0.29) is 29.3 Å². The lowest BCUT2D eigenvalue weighted by Gasteiger charge is -2.46. The van der Waals surface area contributed by atoms with Gasteiger partial charge in [-0.15, -0.1) is 0 Å². The van der Waals surface area contributed by atoms with Crippen LogP contribution in [0.3, 0.4) is 0 Å². The number of carbonyl (C=O) groups is 6. The first kappa shape index (κ1) is 48.2. The number of allylic oxidation sites excluding steroid dienone is 8. The molecule has 0 amide bonds. The third-order valence-electron chi connectivity index (χ3n) is 12.3. The zero-order chi connectivity index (χ0) is 46.2. The van der Waals surface area contributed by atoms with Crippen LogP contribution in [0.25, 0.3) is 0 Å². The molecule has 2 aromatic carbocycles. The molecule has 0 radical (unpaired) electrons. The number of hydrogen-bond donors (Lipinski definition) is 0. The summed E-state index contributed by atoms with van der Waals surface area (Å²) in [6.45, 7) is 18.9. The standard InChI is InChI=1S/C52H62O11/c1-30(2)45-17-16-31(3)14-12-18-52(29-53)42-20-33(5)21-49(61-36(8)56)47-28-48(60-35(7)55)40(26-50(47)62-37(9)57)19-32(4)13-11-15-39(22-42)23-43(52)24-41-25-44(59-34(6)54)27-46(45)51(41)63-38(10)58/h13-14,21-22,25-29,42-43,45,49H,1,11-12,15-20,23-24H2,2-10H3/b31-14+,32-13-,33-21+/t42-,43+,45+,49?,52-/m1/s1. The average Bonchev–Trinajstić information content (AvgIpc) is 3.16. The first-order valence-corrected chi connectivity index (χ1v) is 21.8. The van der Waals surface area contributed by atoms with E-state index in [0.717, 1.165) is 35.0 Å². The first-order valence-electron chi connectivity index (χ1n) is 21.8. The molecular weight excluding hydrogens is 801 g/mol. The second-order valence-electron chi connectivity index (χ2n) is 17.7. The van der Waals surface area contributed by atoms with Crippen molar-refractivity contribution >= 4 is 36.1 Å². The summed E-state index contributed by atoms with van der Waals surface area (Å²) in [5.74, 6) is -2.35. The van der Waals surface area contributed by atoms with Gasteiger partial charge in [-0.2, -0.15) is 0 Å². The summed E-state index contributed by atoms with van der Waals surface area (Å²) in [7, 11) is 0. The number of aldehydes is 1. The molecule has 0 spiro atoms. The maximum Gasteiger partial charge on any atom is 0.308 e. The second-order valence-corrected chi connectivity index (χ2v) is 17.7. The van der Waals surface area contributed by atoms with Crippen LogP contribution in [0.2, 0.25) is 0 Å². The van der Waals surface area contributed by atoms with E-state index in [1.165, 1.54) is 40.2 Å². The number of esters is 5. The van der Waals surface area contributed by atoms with Crippen molar-refractivity contribution < 1.29 is 52.5 Å². The zero-order valence-electron chi connectivity index (χ0n) is 38.3. The van der Waals surface area contributed by atoms with Crippen LogP contribution >= 0.6 is 0 Å². The van der Waals surface area contributed by atoms with E-state index in [2.05, 4.69) is 31.7 Å². The lowest BCUT2D eigenvalue weighted by atomic mass is 9.56. The first-order chi connectivity index (χ1) is 29.8. The highest BCUT2D eigenvalue weighted by molar-refractivity contribution is 5.74. The van der Waals surface area contributed by atoms with Gasteiger partial charge in [-0.3, -0.25) is 24.0 Å². The average molecular weight is 863 g/mol. The van der Waals surface area contributed by atoms with Gasteiger partial charge in [0.25, 0.3) is 0 Å². The molecule has 0 N–H and O–H groups in total. The molecule has 0 saturated carbocycles. The van der Waals surface area contributed by atoms with Crippen LogP contribution in [-0.4, -0.2) is 36.1 Å². The van der Waals surface area contributed by atoms with E-state index in [1.54, 1.807) is 30.3 Å². The minimum atomic E-state index is -1.06. The Hall–Kier alpha value is -5.84. The van der Waals surface area contributed by atoms with Gasteiger partial charge in [-0.25, -0.2) is 0 Å². The lowest BCUT2D eigenvalue weighted by Crippen LogP contribution is -2.43. The van der Waals surface area contributed by atoms with Crippen LogP contribution in [0.15, 0.2) is 83.0 Å². The zero-order valence-corrected chi connectivity index (χ0v) is 38.3. The summed E-state index contributed by atoms with van der Waals surface area (Å²) in [5, 5.41) is 0. The summed E-state index contributed by atoms with van der Waals surface area (Å²) < 4.78 is 29.2. The van der Waals surface area contributed by atoms with Crippen molar-refractivity contribution in [2.75, 3.05) is 0 Å². The normalized spacial score (nSPS) is 25.4. The molecule has 11 heteroatoms. The van der Waals surface area contributed by atoms with Gasteiger partial charge in [-0.05, 0) is 140 Å². The SMILES string of the molecule is C=C(C)[C@@H]1CC/C(C)=C/CC[C@]2(C=O)[C@@H](CC3=C[C@H]2C/C(C)=C/C(OC(C)=O)c2cc(OC(C)=O)c(cc2OC(C)=O)C/C(C)=C\CC3)Cc2cc(OC(C)=O)cc1c2OC(C)=O. The summed E-state index contributed by atoms with van der Waals surface area (Å²) in [6.07, 6.45) is 14.1. The molecule has 5 atom stereocenters. The Morgan fingerprint density at radius 1 is 0.667 bits per heavy atom. The smallest absolute Gasteiger partial charge is 0.308 e. The molecule has 11 nitrogen and oxygen atoms in total. The molecule has 6 bridgehead atoms. The van der Waals surface area contributed by atoms with Crippen molar-refractivity contribution in [3.8, 4) is 23.0 Å². The van der Waals surface area contributed by atoms with Gasteiger partial charge in [-0.1, -0.05) is 52.7 Å². The number of hydrogen-bond acceptors (Lipinski definition) is 11. The van der Waals surface area contributed by atoms with Crippen molar-refractivity contribution in [3.63, 3.8) is 0 Å². The maximum atomic E-state index is 14.2. The molecule has 4 aliphatic carbocycles. The minimum Gasteiger partial charge on any atom is -0.453 e. The maximum absolute atomic E-state index is 14.2. The Bertz CT molecular complexity index is 2290. The minimum absolute atomic E-state index is 0.165. The summed E-state index contributed by atoms with van der Waals surface area (Å²) in [4.78, 5) is 77.1. The van der Waals surface area contributed by atoms with E-state index in [9.17, 15) is 28.8 Å². The van der Waals surface area contributed by atoms with Crippen LogP contribution in [0, 0.1) is 17.3 Å². The van der Waals surface area contributed by atoms with Gasteiger partial charge in [0.2, 0.25) is 0 Å². The van der Waals surface area contributed by atoms with E-state index in [4.69, 9.17) is 23.7 Å². The highest BCUT2D eigenvalue weighted by Crippen LogP contribution is 2.53. The Kier molecular flexibility index (Phi) is 16.1. The van der Waals surface area contributed by atoms with E-state index in [0.29, 0.717) is 91.5 Å². The van der Waals surface area contributed by atoms with Gasteiger partial charge in [0.15, 0.2) is 0 Å². The van der Waals surface area contributed by atoms with Crippen LogP contribution in [0.4, 0.5) is 0 Å². The number of fused-ring (bicyclic) bond motifs is 10. The van der Waals surface area contributed by atoms with Gasteiger partial charge >= 0.3 is 29.8 Å². The fraction of sp³-hybridized carbons (Fsp3) is 0.462. The lowest BCUT2D eigenvalue weighted by molar-refractivity contribution is -0.144. The van der Waals surface area contributed by atoms with Crippen LogP contribution in [-0.2, 0) is 46.3 Å². The van der Waals surface area contributed by atoms with Gasteiger partial charge in [0, 0.05) is 62.6 Å². The Balaban J connectivity index is 1.77. The fourth-order valence-corrected chi connectivity index (χ4v) is 9.60. The predicted molar refractivity (Wildman–Crippen MR) is 239 cm³/mol. The molecule has 0 aliphatic heterocycles. The monoisotopic (exact) mass is 862 g/mol. The predicted octanol–water partition coefficient (Wildman–Crippen LogP) is 10.8. The summed E-state index contributed by atoms with van der Waals surface area (Å²) in [5.41, 5.74) is 6.35. The number of ether oxygens (including phenoxy) is 5. The number of carbonyl (C=O) groups excluding carboxylic acids is 6. The highest BCUT2D eigenvalue weighted by Gasteiger charge is 2.47. The Morgan fingerprint density at radius 2 is 1.33 bits per heavy atom. The Labute approximate surface area is 371 Å². The van der Waals surface area contributed by atoms with Crippen LogP contribution < -0.4 is 18.9 Å². The molecule has 0 aromatic heterocycles. The molecule has 63 heavy (non-hydrogen) atoms. The van der Waals surface area contributed by atoms with Crippen molar-refractivity contribution in [2.45, 2.75) is 139 Å². The van der Waals surface area contributed by atoms with Crippen molar-refractivity contribution in [2.24, 2.45) is 17.3 Å².